The summed E-state index contributed by atoms with van der Waals surface area (Å²) in [4.78, 5) is 3.34. The Morgan fingerprint density at radius 2 is 1.95 bits per heavy atom. The highest BCUT2D eigenvalue weighted by atomic mass is 33.1. The molecule has 57 heavy (non-hydrogen) atoms. The lowest BCUT2D eigenvalue weighted by Gasteiger charge is -2.37. The zero-order chi connectivity index (χ0) is 39.9. The summed E-state index contributed by atoms with van der Waals surface area (Å²) < 4.78 is 13.2. The van der Waals surface area contributed by atoms with E-state index in [-0.39, 0.29) is 72.4 Å². The number of nitrogens with one attached hydrogen (secondary N) is 2. The minimum absolute atomic E-state index is 0.0282. The van der Waals surface area contributed by atoms with E-state index in [0.717, 1.165) is 60.9 Å². The van der Waals surface area contributed by atoms with Crippen LogP contribution in [0.4, 0.5) is 0 Å². The molecule has 12 heteroatoms. The number of phenolic OH excluding ortho intramolecular Hbond substituents is 1. The van der Waals surface area contributed by atoms with Crippen molar-refractivity contribution in [2.75, 3.05) is 37.9 Å². The fourth-order valence-electron chi connectivity index (χ4n) is 9.91. The molecule has 0 amide bonds. The van der Waals surface area contributed by atoms with Gasteiger partial charge in [-0.25, -0.2) is 0 Å². The van der Waals surface area contributed by atoms with Gasteiger partial charge in [-0.3, -0.25) is 0 Å². The Morgan fingerprint density at radius 1 is 1.07 bits per heavy atom. The minimum Gasteiger partial charge on any atom is -0.504 e. The molecule has 5 aliphatic rings. The second kappa shape index (κ2) is 19.4. The molecule has 2 bridgehead atoms. The van der Waals surface area contributed by atoms with E-state index in [9.17, 15) is 25.5 Å². The van der Waals surface area contributed by atoms with E-state index in [1.807, 2.05) is 24.4 Å². The van der Waals surface area contributed by atoms with E-state index < -0.39 is 24.2 Å². The lowest BCUT2D eigenvalue weighted by Crippen LogP contribution is -2.43. The molecule has 1 saturated heterocycles. The van der Waals surface area contributed by atoms with Crippen LogP contribution in [0.2, 0.25) is 0 Å². The van der Waals surface area contributed by atoms with Crippen molar-refractivity contribution in [2.24, 2.45) is 40.7 Å². The molecule has 1 aromatic heterocycles. The van der Waals surface area contributed by atoms with Crippen LogP contribution in [0.3, 0.4) is 0 Å². The third kappa shape index (κ3) is 9.73. The van der Waals surface area contributed by atoms with Crippen LogP contribution in [-0.4, -0.2) is 92.8 Å². The average Bonchev–Trinajstić information content (AvgIpc) is 3.58. The largest absolute Gasteiger partial charge is 0.504 e. The van der Waals surface area contributed by atoms with Gasteiger partial charge in [-0.1, -0.05) is 71.1 Å². The maximum Gasteiger partial charge on any atom is 0.161 e. The molecule has 9 N–H and O–H groups in total. The maximum absolute atomic E-state index is 12.2. The molecule has 11 unspecified atom stereocenters. The first kappa shape index (κ1) is 42.1. The number of hydrogen-bond donors (Lipinski definition) is 8. The summed E-state index contributed by atoms with van der Waals surface area (Å²) in [5.41, 5.74) is 10.6. The van der Waals surface area contributed by atoms with Gasteiger partial charge in [0, 0.05) is 71.2 Å². The number of aromatic hydroxyl groups is 1. The number of fused-ring (bicyclic) bond motifs is 5. The first-order chi connectivity index (χ1) is 27.7. The van der Waals surface area contributed by atoms with E-state index in [1.54, 1.807) is 27.7 Å². The number of aromatic amines is 1. The second-order valence-electron chi connectivity index (χ2n) is 16.7. The Kier molecular flexibility index (Phi) is 14.3. The Balaban J connectivity index is 1.21. The van der Waals surface area contributed by atoms with Crippen LogP contribution in [0.1, 0.15) is 75.5 Å². The number of allylic oxidation sites excluding steroid dienone is 3. The van der Waals surface area contributed by atoms with E-state index in [0.29, 0.717) is 43.1 Å². The number of ether oxygens (including phenoxy) is 2. The molecule has 10 nitrogen and oxygen atoms in total. The Morgan fingerprint density at radius 3 is 2.74 bits per heavy atom. The smallest absolute Gasteiger partial charge is 0.161 e. The standard InChI is InChI=1S/C45H61N3O7S2/c1-2-45-14-3-5-29(12-16-45)43(54-20-19-49)41-28(11-15-45)7-8-30(22-38(41)52)31-9-10-37(51)39(23-31)55-40-24-32(21-34-6-4-17-47-34)35-13-18-48-44(46)36(35)27-57-56-26-33(25-50)42(40)53/h4,6-10,13,17,23,28-30,32-33,38,40-43,47-53H,2-3,5,12,14,16,18-22,24-27,46H2,1H3. The number of nitrogens with two attached hydrogens (primary N) is 1. The van der Waals surface area contributed by atoms with Crippen LogP contribution in [0.15, 0.2) is 71.7 Å². The molecule has 3 aliphatic carbocycles. The zero-order valence-electron chi connectivity index (χ0n) is 33.0. The summed E-state index contributed by atoms with van der Waals surface area (Å²) in [5, 5.41) is 59.1. The van der Waals surface area contributed by atoms with Gasteiger partial charge in [-0.05, 0) is 98.6 Å². The number of aliphatic hydroxyl groups is 4. The summed E-state index contributed by atoms with van der Waals surface area (Å²) in [6.07, 6.45) is 13.3. The molecule has 2 aliphatic heterocycles. The van der Waals surface area contributed by atoms with Crippen molar-refractivity contribution in [1.29, 1.82) is 0 Å². The lowest BCUT2D eigenvalue weighted by atomic mass is 9.75. The summed E-state index contributed by atoms with van der Waals surface area (Å²) >= 11 is 0. The molecule has 3 heterocycles. The van der Waals surface area contributed by atoms with E-state index in [1.165, 1.54) is 0 Å². The predicted octanol–water partition coefficient (Wildman–Crippen LogP) is 5.79. The summed E-state index contributed by atoms with van der Waals surface area (Å²) in [5.74, 6) is 8.47. The van der Waals surface area contributed by atoms with Gasteiger partial charge >= 0.3 is 0 Å². The fourth-order valence-corrected chi connectivity index (χ4v) is 12.4. The van der Waals surface area contributed by atoms with Gasteiger partial charge in [0.15, 0.2) is 11.5 Å². The molecular formula is C45H61N3O7S2. The van der Waals surface area contributed by atoms with Crippen molar-refractivity contribution in [3.05, 3.63) is 83.0 Å². The predicted molar refractivity (Wildman–Crippen MR) is 227 cm³/mol. The highest BCUT2D eigenvalue weighted by Crippen LogP contribution is 2.47. The van der Waals surface area contributed by atoms with Crippen LogP contribution >= 0.6 is 21.6 Å². The number of dihydropyridines is 1. The Labute approximate surface area is 345 Å². The molecule has 7 rings (SSSR count). The number of aromatic nitrogens is 1. The average molecular weight is 820 g/mol. The third-order valence-electron chi connectivity index (χ3n) is 13.3. The molecule has 1 saturated carbocycles. The van der Waals surface area contributed by atoms with Crippen LogP contribution in [-0.2, 0) is 11.2 Å². The van der Waals surface area contributed by atoms with Gasteiger partial charge < -0.3 is 51.0 Å². The maximum atomic E-state index is 12.2. The highest BCUT2D eigenvalue weighted by Gasteiger charge is 2.44. The number of phenols is 1. The summed E-state index contributed by atoms with van der Waals surface area (Å²) in [6, 6.07) is 9.37. The molecule has 11 atom stereocenters. The highest BCUT2D eigenvalue weighted by molar-refractivity contribution is 8.76. The summed E-state index contributed by atoms with van der Waals surface area (Å²) in [6.45, 7) is 2.78. The van der Waals surface area contributed by atoms with Gasteiger partial charge in [-0.2, -0.15) is 0 Å². The molecule has 0 spiro atoms. The monoisotopic (exact) mass is 819 g/mol. The molecule has 2 fully saturated rings. The van der Waals surface area contributed by atoms with Crippen LogP contribution < -0.4 is 15.8 Å². The molecule has 1 aromatic carbocycles. The topological polar surface area (TPSA) is 173 Å². The first-order valence-corrected chi connectivity index (χ1v) is 23.4. The number of aliphatic hydroxyl groups excluding tert-OH is 4. The number of benzene rings is 1. The fraction of sp³-hybridized carbons (Fsp3) is 0.600. The van der Waals surface area contributed by atoms with Gasteiger partial charge in [0.25, 0.3) is 0 Å². The lowest BCUT2D eigenvalue weighted by molar-refractivity contribution is -0.0855. The third-order valence-corrected chi connectivity index (χ3v) is 15.7. The van der Waals surface area contributed by atoms with E-state index in [4.69, 9.17) is 15.2 Å². The van der Waals surface area contributed by atoms with E-state index in [2.05, 4.69) is 53.4 Å². The van der Waals surface area contributed by atoms with Crippen molar-refractivity contribution < 1.29 is 35.0 Å². The van der Waals surface area contributed by atoms with Crippen molar-refractivity contribution in [2.45, 2.75) is 95.0 Å². The normalized spacial score (nSPS) is 34.6. The van der Waals surface area contributed by atoms with Crippen LogP contribution in [0, 0.1) is 46.8 Å². The Hall–Kier alpha value is -3.02. The van der Waals surface area contributed by atoms with Gasteiger partial charge in [0.1, 0.15) is 11.9 Å². The van der Waals surface area contributed by atoms with Crippen LogP contribution in [0.25, 0.3) is 0 Å². The van der Waals surface area contributed by atoms with Gasteiger partial charge in [0.05, 0.1) is 31.5 Å². The van der Waals surface area contributed by atoms with Gasteiger partial charge in [-0.15, -0.1) is 0 Å². The van der Waals surface area contributed by atoms with Crippen molar-refractivity contribution in [3.63, 3.8) is 0 Å². The van der Waals surface area contributed by atoms with Crippen LogP contribution in [0.5, 0.6) is 11.5 Å². The van der Waals surface area contributed by atoms with Crippen molar-refractivity contribution in [3.8, 4) is 23.3 Å². The zero-order valence-corrected chi connectivity index (χ0v) is 34.7. The van der Waals surface area contributed by atoms with Crippen molar-refractivity contribution in [1.82, 2.24) is 10.3 Å². The first-order valence-electron chi connectivity index (χ1n) is 20.9. The van der Waals surface area contributed by atoms with E-state index >= 15 is 0 Å². The van der Waals surface area contributed by atoms with Gasteiger partial charge in [0.2, 0.25) is 0 Å². The summed E-state index contributed by atoms with van der Waals surface area (Å²) in [7, 11) is 3.26. The number of hydrogen-bond acceptors (Lipinski definition) is 11. The number of H-pyrrole nitrogens is 1. The molecule has 310 valence electrons. The Bertz CT molecular complexity index is 1810. The SMILES string of the molecule is CCC12C#CC3C=CC(c4ccc(O)c(OC5CC(Cc6ccc[nH]6)C6=CCNC(N)=C6CSSCC(CO)C5O)c4)CC(O)C3C(OCCO)C(CCC1)CC2. The molecule has 2 aromatic rings. The minimum atomic E-state index is -1.03. The molecule has 0 radical (unpaired) electrons. The molecular weight excluding hydrogens is 759 g/mol. The number of rotatable bonds is 10. The van der Waals surface area contributed by atoms with Crippen molar-refractivity contribution >= 4 is 21.6 Å². The quantitative estimate of drug-likeness (QED) is 0.0829. The second-order valence-corrected chi connectivity index (χ2v) is 19.2.